The number of nitrogens with zero attached hydrogens (tertiary/aromatic N) is 1. The molecule has 0 aromatic rings. The lowest BCUT2D eigenvalue weighted by Gasteiger charge is -2.53. The van der Waals surface area contributed by atoms with Crippen molar-refractivity contribution in [3.05, 3.63) is 0 Å². The summed E-state index contributed by atoms with van der Waals surface area (Å²) < 4.78 is 0. The Balaban J connectivity index is 1.68. The number of nitrogens with one attached hydrogen (secondary N) is 1. The molecule has 0 atom stereocenters. The molecular formula is C17H32N2. The van der Waals surface area contributed by atoms with Crippen LogP contribution in [0.2, 0.25) is 0 Å². The van der Waals surface area contributed by atoms with Gasteiger partial charge in [0, 0.05) is 24.2 Å². The molecule has 3 fully saturated rings. The maximum Gasteiger partial charge on any atom is 0.0334 e. The molecule has 3 rings (SSSR count). The van der Waals surface area contributed by atoms with Crippen molar-refractivity contribution < 1.29 is 0 Å². The molecule has 3 aliphatic rings. The highest BCUT2D eigenvalue weighted by Gasteiger charge is 2.48. The van der Waals surface area contributed by atoms with Crippen LogP contribution in [0.25, 0.3) is 0 Å². The predicted octanol–water partition coefficient (Wildman–Crippen LogP) is 3.71. The maximum absolute atomic E-state index is 4.01. The summed E-state index contributed by atoms with van der Waals surface area (Å²) in [5.74, 6) is 0. The van der Waals surface area contributed by atoms with Crippen molar-refractivity contribution >= 4 is 0 Å². The van der Waals surface area contributed by atoms with E-state index in [1.165, 1.54) is 90.3 Å². The lowest BCUT2D eigenvalue weighted by Crippen LogP contribution is -2.68. The van der Waals surface area contributed by atoms with E-state index in [0.29, 0.717) is 11.1 Å². The van der Waals surface area contributed by atoms with E-state index in [-0.39, 0.29) is 0 Å². The van der Waals surface area contributed by atoms with Crippen molar-refractivity contribution in [3.8, 4) is 0 Å². The molecule has 0 aromatic heterocycles. The van der Waals surface area contributed by atoms with Crippen molar-refractivity contribution in [2.45, 2.75) is 88.6 Å². The Hall–Kier alpha value is -0.0800. The average molecular weight is 264 g/mol. The van der Waals surface area contributed by atoms with Gasteiger partial charge in [0.1, 0.15) is 0 Å². The smallest absolute Gasteiger partial charge is 0.0334 e. The van der Waals surface area contributed by atoms with Gasteiger partial charge in [-0.2, -0.15) is 0 Å². The number of hydrogen-bond donors (Lipinski definition) is 1. The van der Waals surface area contributed by atoms with Crippen LogP contribution in [-0.4, -0.2) is 35.6 Å². The molecule has 0 radical (unpaired) electrons. The summed E-state index contributed by atoms with van der Waals surface area (Å²) in [7, 11) is 0. The second-order valence-corrected chi connectivity index (χ2v) is 7.40. The van der Waals surface area contributed by atoms with E-state index in [1.54, 1.807) is 0 Å². The number of piperazine rings is 1. The van der Waals surface area contributed by atoms with Gasteiger partial charge in [0.25, 0.3) is 0 Å². The second-order valence-electron chi connectivity index (χ2n) is 7.40. The molecule has 2 spiro atoms. The van der Waals surface area contributed by atoms with E-state index >= 15 is 0 Å². The van der Waals surface area contributed by atoms with E-state index in [2.05, 4.69) is 17.1 Å². The van der Waals surface area contributed by atoms with Gasteiger partial charge < -0.3 is 5.32 Å². The first kappa shape index (κ1) is 13.9. The van der Waals surface area contributed by atoms with Crippen LogP contribution in [0.4, 0.5) is 0 Å². The number of rotatable bonds is 4. The van der Waals surface area contributed by atoms with Crippen LogP contribution >= 0.6 is 0 Å². The fourth-order valence-electron chi connectivity index (χ4n) is 4.83. The average Bonchev–Trinajstić information content (AvgIpc) is 3.05. The summed E-state index contributed by atoms with van der Waals surface area (Å²) in [6.45, 7) is 6.30. The molecule has 0 bridgehead atoms. The topological polar surface area (TPSA) is 15.3 Å². The first-order valence-electron chi connectivity index (χ1n) is 8.79. The second kappa shape index (κ2) is 5.73. The molecule has 0 unspecified atom stereocenters. The summed E-state index contributed by atoms with van der Waals surface area (Å²) in [5.41, 5.74) is 1.04. The van der Waals surface area contributed by atoms with Crippen molar-refractivity contribution in [1.82, 2.24) is 10.2 Å². The van der Waals surface area contributed by atoms with Gasteiger partial charge in [-0.15, -0.1) is 0 Å². The summed E-state index contributed by atoms with van der Waals surface area (Å²) in [4.78, 5) is 2.93. The Kier molecular flexibility index (Phi) is 4.19. The van der Waals surface area contributed by atoms with Crippen LogP contribution in [0.1, 0.15) is 77.6 Å². The van der Waals surface area contributed by atoms with Gasteiger partial charge in [-0.25, -0.2) is 0 Å². The quantitative estimate of drug-likeness (QED) is 0.779. The van der Waals surface area contributed by atoms with Gasteiger partial charge in [0.15, 0.2) is 0 Å². The van der Waals surface area contributed by atoms with Gasteiger partial charge in [-0.3, -0.25) is 4.90 Å². The molecule has 2 aliphatic carbocycles. The van der Waals surface area contributed by atoms with Gasteiger partial charge in [0.05, 0.1) is 0 Å². The zero-order chi connectivity index (χ0) is 13.2. The van der Waals surface area contributed by atoms with E-state index in [9.17, 15) is 0 Å². The minimum Gasteiger partial charge on any atom is -0.308 e. The lowest BCUT2D eigenvalue weighted by molar-refractivity contribution is 0.00817. The summed E-state index contributed by atoms with van der Waals surface area (Å²) >= 11 is 0. The molecule has 0 aromatic carbocycles. The van der Waals surface area contributed by atoms with E-state index in [0.717, 1.165) is 0 Å². The zero-order valence-corrected chi connectivity index (χ0v) is 12.8. The number of unbranched alkanes of at least 4 members (excludes halogenated alkanes) is 2. The van der Waals surface area contributed by atoms with Crippen LogP contribution in [0, 0.1) is 0 Å². The molecular weight excluding hydrogens is 232 g/mol. The molecule has 2 saturated carbocycles. The van der Waals surface area contributed by atoms with E-state index in [1.807, 2.05) is 0 Å². The zero-order valence-electron chi connectivity index (χ0n) is 12.8. The Bertz CT molecular complexity index is 288. The Morgan fingerprint density at radius 1 is 0.947 bits per heavy atom. The molecule has 1 heterocycles. The monoisotopic (exact) mass is 264 g/mol. The highest BCUT2D eigenvalue weighted by atomic mass is 15.3. The summed E-state index contributed by atoms with van der Waals surface area (Å²) in [6, 6.07) is 0. The van der Waals surface area contributed by atoms with E-state index < -0.39 is 0 Å². The number of hydrogen-bond acceptors (Lipinski definition) is 2. The van der Waals surface area contributed by atoms with Gasteiger partial charge in [0.2, 0.25) is 0 Å². The van der Waals surface area contributed by atoms with E-state index in [4.69, 9.17) is 0 Å². The van der Waals surface area contributed by atoms with Crippen LogP contribution in [0.3, 0.4) is 0 Å². The Morgan fingerprint density at radius 2 is 1.63 bits per heavy atom. The first-order valence-corrected chi connectivity index (χ1v) is 8.79. The van der Waals surface area contributed by atoms with Crippen molar-refractivity contribution in [1.29, 1.82) is 0 Å². The lowest BCUT2D eigenvalue weighted by atomic mass is 9.84. The summed E-state index contributed by atoms with van der Waals surface area (Å²) in [6.07, 6.45) is 15.7. The molecule has 2 nitrogen and oxygen atoms in total. The first-order chi connectivity index (χ1) is 9.29. The van der Waals surface area contributed by atoms with Gasteiger partial charge >= 0.3 is 0 Å². The fourth-order valence-corrected chi connectivity index (χ4v) is 4.83. The SMILES string of the molecule is CCCCCN1CC2(CCCC2)NCC12CCCC2. The largest absolute Gasteiger partial charge is 0.308 e. The maximum atomic E-state index is 4.01. The highest BCUT2D eigenvalue weighted by molar-refractivity contribution is 5.08. The van der Waals surface area contributed by atoms with Crippen LogP contribution < -0.4 is 5.32 Å². The third-order valence-corrected chi connectivity index (χ3v) is 6.08. The van der Waals surface area contributed by atoms with Crippen LogP contribution in [-0.2, 0) is 0 Å². The Morgan fingerprint density at radius 3 is 2.32 bits per heavy atom. The normalized spacial score (nSPS) is 29.5. The van der Waals surface area contributed by atoms with Crippen molar-refractivity contribution in [2.75, 3.05) is 19.6 Å². The molecule has 110 valence electrons. The van der Waals surface area contributed by atoms with Crippen LogP contribution in [0.5, 0.6) is 0 Å². The minimum absolute atomic E-state index is 0.500. The molecule has 2 heteroatoms. The molecule has 1 aliphatic heterocycles. The van der Waals surface area contributed by atoms with Gasteiger partial charge in [-0.05, 0) is 38.6 Å². The third kappa shape index (κ3) is 2.71. The van der Waals surface area contributed by atoms with Crippen LogP contribution in [0.15, 0.2) is 0 Å². The Labute approximate surface area is 119 Å². The van der Waals surface area contributed by atoms with Crippen molar-refractivity contribution in [2.24, 2.45) is 0 Å². The minimum atomic E-state index is 0.500. The fraction of sp³-hybridized carbons (Fsp3) is 1.00. The summed E-state index contributed by atoms with van der Waals surface area (Å²) in [5, 5.41) is 4.01. The molecule has 1 N–H and O–H groups in total. The third-order valence-electron chi connectivity index (χ3n) is 6.08. The molecule has 19 heavy (non-hydrogen) atoms. The molecule has 1 saturated heterocycles. The predicted molar refractivity (Wildman–Crippen MR) is 81.5 cm³/mol. The standard InChI is InChI=1S/C17H32N2/c1-2-3-8-13-19-15-16(9-4-5-10-16)18-14-17(19)11-6-7-12-17/h18H,2-15H2,1H3. The molecule has 0 amide bonds. The highest BCUT2D eigenvalue weighted by Crippen LogP contribution is 2.42. The van der Waals surface area contributed by atoms with Crippen molar-refractivity contribution in [3.63, 3.8) is 0 Å². The van der Waals surface area contributed by atoms with Gasteiger partial charge in [-0.1, -0.05) is 45.4 Å².